The zero-order valence-electron chi connectivity index (χ0n) is 20.1. The van der Waals surface area contributed by atoms with E-state index in [-0.39, 0.29) is 18.7 Å². The Hall–Kier alpha value is -3.33. The molecule has 3 aromatic rings. The number of aromatic nitrogens is 2. The topological polar surface area (TPSA) is 72.1 Å². The molecule has 3 heterocycles. The standard InChI is InChI=1S/C21H26N4O3.C6H5F/c1-15-10-25(14-22-15)20-6-5-16(9-18(20)13-27-2)8-17-4-3-7-24-11-19(17)23-28-21(24)12-26;7-6-4-2-1-3-5-6/h5-6,8-10,14,21,26H,3-4,7,11-13H2,1-2H3;1-5H/b17-8+;/t21-;/m0./s1. The number of fused-ring (bicyclic) bond motifs is 2. The molecule has 1 aromatic heterocycles. The van der Waals surface area contributed by atoms with Crippen LogP contribution in [0, 0.1) is 12.7 Å². The number of imidazole rings is 1. The van der Waals surface area contributed by atoms with Crippen molar-refractivity contribution in [1.82, 2.24) is 14.5 Å². The molecule has 35 heavy (non-hydrogen) atoms. The number of rotatable bonds is 5. The molecule has 1 fully saturated rings. The van der Waals surface area contributed by atoms with Gasteiger partial charge in [0.1, 0.15) is 5.82 Å². The zero-order chi connectivity index (χ0) is 24.6. The number of hydrogen-bond donors (Lipinski definition) is 1. The maximum absolute atomic E-state index is 11.9. The van der Waals surface area contributed by atoms with E-state index in [2.05, 4.69) is 39.3 Å². The summed E-state index contributed by atoms with van der Waals surface area (Å²) in [6.07, 6.45) is 7.66. The van der Waals surface area contributed by atoms with Crippen molar-refractivity contribution in [1.29, 1.82) is 0 Å². The number of aliphatic hydroxyl groups is 1. The number of benzene rings is 2. The van der Waals surface area contributed by atoms with Crippen LogP contribution in [0.1, 0.15) is 29.7 Å². The number of nitrogens with zero attached hydrogens (tertiary/aromatic N) is 4. The predicted molar refractivity (Wildman–Crippen MR) is 134 cm³/mol. The second kappa shape index (κ2) is 11.9. The molecule has 0 amide bonds. The van der Waals surface area contributed by atoms with Crippen molar-refractivity contribution in [3.8, 4) is 5.69 Å². The van der Waals surface area contributed by atoms with E-state index in [0.717, 1.165) is 47.6 Å². The lowest BCUT2D eigenvalue weighted by molar-refractivity contribution is -0.0898. The Labute approximate surface area is 205 Å². The molecule has 1 saturated heterocycles. The number of methoxy groups -OCH3 is 1. The van der Waals surface area contributed by atoms with Crippen LogP contribution in [0.5, 0.6) is 0 Å². The van der Waals surface area contributed by atoms with E-state index in [9.17, 15) is 9.50 Å². The number of aryl methyl sites for hydroxylation is 1. The normalized spacial score (nSPS) is 20.3. The average Bonchev–Trinajstić information content (AvgIpc) is 3.23. The fourth-order valence-electron chi connectivity index (χ4n) is 4.21. The van der Waals surface area contributed by atoms with Gasteiger partial charge in [-0.05, 0) is 61.2 Å². The smallest absolute Gasteiger partial charge is 0.204 e. The van der Waals surface area contributed by atoms with Crippen LogP contribution >= 0.6 is 0 Å². The van der Waals surface area contributed by atoms with Crippen LogP contribution in [0.25, 0.3) is 11.8 Å². The van der Waals surface area contributed by atoms with Gasteiger partial charge in [-0.3, -0.25) is 4.90 Å². The van der Waals surface area contributed by atoms with Gasteiger partial charge in [0.25, 0.3) is 0 Å². The maximum Gasteiger partial charge on any atom is 0.204 e. The molecular formula is C27H31FN4O3. The summed E-state index contributed by atoms with van der Waals surface area (Å²) in [6, 6.07) is 14.3. The molecule has 2 atom stereocenters. The molecule has 2 bridgehead atoms. The molecule has 0 spiro atoms. The number of hydrogen-bond acceptors (Lipinski definition) is 6. The average molecular weight is 479 g/mol. The van der Waals surface area contributed by atoms with E-state index in [0.29, 0.717) is 13.2 Å². The highest BCUT2D eigenvalue weighted by Gasteiger charge is 2.29. The number of aliphatic hydroxyl groups excluding tert-OH is 1. The summed E-state index contributed by atoms with van der Waals surface area (Å²) in [5, 5.41) is 13.7. The lowest BCUT2D eigenvalue weighted by Crippen LogP contribution is -2.45. The second-order valence-corrected chi connectivity index (χ2v) is 8.56. The van der Waals surface area contributed by atoms with Crippen LogP contribution in [0.3, 0.4) is 0 Å². The summed E-state index contributed by atoms with van der Waals surface area (Å²) in [5.41, 5.74) is 6.41. The summed E-state index contributed by atoms with van der Waals surface area (Å²) in [5.74, 6) is -0.178. The van der Waals surface area contributed by atoms with Crippen LogP contribution in [0.15, 0.2) is 71.8 Å². The van der Waals surface area contributed by atoms with Crippen molar-refractivity contribution in [2.45, 2.75) is 32.6 Å². The molecule has 5 rings (SSSR count). The minimum atomic E-state index is -0.325. The monoisotopic (exact) mass is 478 g/mol. The highest BCUT2D eigenvalue weighted by atomic mass is 19.1. The third-order valence-electron chi connectivity index (χ3n) is 5.93. The van der Waals surface area contributed by atoms with Gasteiger partial charge in [0.15, 0.2) is 0 Å². The Morgan fingerprint density at radius 3 is 2.71 bits per heavy atom. The highest BCUT2D eigenvalue weighted by Crippen LogP contribution is 2.25. The molecule has 1 unspecified atom stereocenters. The molecule has 1 N–H and O–H groups in total. The summed E-state index contributed by atoms with van der Waals surface area (Å²) < 4.78 is 19.4. The van der Waals surface area contributed by atoms with Gasteiger partial charge >= 0.3 is 0 Å². The number of ether oxygens (including phenoxy) is 1. The van der Waals surface area contributed by atoms with Gasteiger partial charge in [-0.2, -0.15) is 0 Å². The van der Waals surface area contributed by atoms with Crippen molar-refractivity contribution >= 4 is 11.8 Å². The van der Waals surface area contributed by atoms with Crippen molar-refractivity contribution < 1.29 is 19.1 Å². The van der Waals surface area contributed by atoms with Crippen molar-refractivity contribution in [2.24, 2.45) is 5.16 Å². The quantitative estimate of drug-likeness (QED) is 0.591. The first-order valence-corrected chi connectivity index (χ1v) is 11.7. The SMILES string of the molecule is COCc1cc(/C=C2\CCCN3CC2=NO[C@H]3CO)ccc1-n1cnc(C)c1.Fc1ccccc1. The molecule has 2 aliphatic rings. The fourth-order valence-corrected chi connectivity index (χ4v) is 4.21. The molecular weight excluding hydrogens is 447 g/mol. The van der Waals surface area contributed by atoms with E-state index in [1.165, 1.54) is 17.7 Å². The molecule has 2 aromatic carbocycles. The summed E-state index contributed by atoms with van der Waals surface area (Å²) in [4.78, 5) is 11.9. The van der Waals surface area contributed by atoms with Gasteiger partial charge in [-0.1, -0.05) is 29.4 Å². The molecule has 8 heteroatoms. The minimum absolute atomic E-state index is 0.0363. The first kappa shape index (κ1) is 24.8. The van der Waals surface area contributed by atoms with Crippen LogP contribution in [0.4, 0.5) is 4.39 Å². The molecule has 184 valence electrons. The first-order valence-electron chi connectivity index (χ1n) is 11.7. The van der Waals surface area contributed by atoms with Gasteiger partial charge < -0.3 is 19.2 Å². The summed E-state index contributed by atoms with van der Waals surface area (Å²) >= 11 is 0. The van der Waals surface area contributed by atoms with Crippen LogP contribution < -0.4 is 0 Å². The Kier molecular flexibility index (Phi) is 8.41. The number of oxime groups is 1. The van der Waals surface area contributed by atoms with E-state index in [4.69, 9.17) is 9.57 Å². The summed E-state index contributed by atoms with van der Waals surface area (Å²) in [6.45, 7) is 4.09. The van der Waals surface area contributed by atoms with E-state index in [1.54, 1.807) is 25.3 Å². The van der Waals surface area contributed by atoms with Gasteiger partial charge in [0, 0.05) is 32.0 Å². The van der Waals surface area contributed by atoms with Gasteiger partial charge in [-0.25, -0.2) is 9.37 Å². The van der Waals surface area contributed by atoms with Crippen LogP contribution in [0.2, 0.25) is 0 Å². The number of halogens is 1. The zero-order valence-corrected chi connectivity index (χ0v) is 20.1. The Bertz CT molecular complexity index is 1180. The predicted octanol–water partition coefficient (Wildman–Crippen LogP) is 4.34. The van der Waals surface area contributed by atoms with Crippen LogP contribution in [-0.2, 0) is 16.2 Å². The summed E-state index contributed by atoms with van der Waals surface area (Å²) in [7, 11) is 1.71. The van der Waals surface area contributed by atoms with E-state index >= 15 is 0 Å². The molecule has 0 saturated carbocycles. The van der Waals surface area contributed by atoms with Crippen molar-refractivity contribution in [2.75, 3.05) is 26.8 Å². The first-order chi connectivity index (χ1) is 17.1. The van der Waals surface area contributed by atoms with E-state index < -0.39 is 0 Å². The van der Waals surface area contributed by atoms with Crippen molar-refractivity contribution in [3.05, 3.63) is 89.3 Å². The lowest BCUT2D eigenvalue weighted by Gasteiger charge is -2.30. The van der Waals surface area contributed by atoms with Gasteiger partial charge in [-0.15, -0.1) is 0 Å². The minimum Gasteiger partial charge on any atom is -0.391 e. The Balaban J connectivity index is 0.000000356. The fraction of sp³-hybridized carbons (Fsp3) is 0.333. The molecule has 0 radical (unpaired) electrons. The molecule has 2 aliphatic heterocycles. The third-order valence-corrected chi connectivity index (χ3v) is 5.93. The Morgan fingerprint density at radius 2 is 2.06 bits per heavy atom. The van der Waals surface area contributed by atoms with E-state index in [1.807, 2.05) is 24.0 Å². The second-order valence-electron chi connectivity index (χ2n) is 8.56. The van der Waals surface area contributed by atoms with Gasteiger partial charge in [0.05, 0.1) is 36.6 Å². The maximum atomic E-state index is 11.9. The lowest BCUT2D eigenvalue weighted by atomic mass is 10.0. The largest absolute Gasteiger partial charge is 0.391 e. The van der Waals surface area contributed by atoms with Gasteiger partial charge in [0.2, 0.25) is 6.23 Å². The highest BCUT2D eigenvalue weighted by molar-refractivity contribution is 6.05. The third kappa shape index (κ3) is 6.42. The van der Waals surface area contributed by atoms with Crippen LogP contribution in [-0.4, -0.2) is 58.3 Å². The molecule has 0 aliphatic carbocycles. The molecule has 7 nitrogen and oxygen atoms in total. The Morgan fingerprint density at radius 1 is 1.23 bits per heavy atom. The van der Waals surface area contributed by atoms with Crippen molar-refractivity contribution in [3.63, 3.8) is 0 Å².